The van der Waals surface area contributed by atoms with Crippen molar-refractivity contribution in [2.75, 3.05) is 5.32 Å². The van der Waals surface area contributed by atoms with Gasteiger partial charge in [-0.15, -0.1) is 23.1 Å². The molecule has 0 aliphatic rings. The SMILES string of the molecule is C[C@H](SCc1csc(Nc2ccccc2)n1)C(=O)[O-]. The van der Waals surface area contributed by atoms with Gasteiger partial charge in [-0.3, -0.25) is 0 Å². The number of thiazole rings is 1. The number of para-hydroxylation sites is 1. The first kappa shape index (κ1) is 13.9. The summed E-state index contributed by atoms with van der Waals surface area (Å²) in [6.45, 7) is 1.62. The van der Waals surface area contributed by atoms with Gasteiger partial charge in [-0.2, -0.15) is 0 Å². The van der Waals surface area contributed by atoms with Crippen molar-refractivity contribution >= 4 is 39.9 Å². The molecule has 100 valence electrons. The van der Waals surface area contributed by atoms with Gasteiger partial charge in [-0.1, -0.05) is 18.2 Å². The van der Waals surface area contributed by atoms with Crippen LogP contribution in [0.25, 0.3) is 0 Å². The maximum Gasteiger partial charge on any atom is 0.187 e. The zero-order valence-electron chi connectivity index (χ0n) is 10.3. The van der Waals surface area contributed by atoms with Gasteiger partial charge in [0.25, 0.3) is 0 Å². The molecule has 0 fully saturated rings. The second-order valence-electron chi connectivity index (χ2n) is 3.91. The van der Waals surface area contributed by atoms with Gasteiger partial charge in [0.15, 0.2) is 5.13 Å². The number of nitrogens with one attached hydrogen (secondary N) is 1. The minimum absolute atomic E-state index is 0.521. The minimum Gasteiger partial charge on any atom is -0.549 e. The van der Waals surface area contributed by atoms with Crippen molar-refractivity contribution in [1.29, 1.82) is 0 Å². The summed E-state index contributed by atoms with van der Waals surface area (Å²) in [4.78, 5) is 15.0. The normalized spacial score (nSPS) is 12.1. The Hall–Kier alpha value is -1.53. The molecule has 0 amide bonds. The predicted octanol–water partition coefficient (Wildman–Crippen LogP) is 2.26. The Labute approximate surface area is 119 Å². The molecule has 0 saturated heterocycles. The van der Waals surface area contributed by atoms with Crippen LogP contribution in [0.5, 0.6) is 0 Å². The van der Waals surface area contributed by atoms with Crippen molar-refractivity contribution < 1.29 is 9.90 Å². The number of nitrogens with zero attached hydrogens (tertiary/aromatic N) is 1. The van der Waals surface area contributed by atoms with E-state index in [4.69, 9.17) is 0 Å². The molecule has 1 aromatic carbocycles. The highest BCUT2D eigenvalue weighted by molar-refractivity contribution is 7.99. The third-order valence-electron chi connectivity index (χ3n) is 2.39. The lowest BCUT2D eigenvalue weighted by atomic mass is 10.3. The summed E-state index contributed by atoms with van der Waals surface area (Å²) < 4.78 is 0. The van der Waals surface area contributed by atoms with Gasteiger partial charge < -0.3 is 15.2 Å². The predicted molar refractivity (Wildman–Crippen MR) is 77.6 cm³/mol. The fourth-order valence-electron chi connectivity index (χ4n) is 1.35. The molecular formula is C13H13N2O2S2-. The van der Waals surface area contributed by atoms with E-state index < -0.39 is 11.2 Å². The Morgan fingerprint density at radius 2 is 2.21 bits per heavy atom. The second kappa shape index (κ2) is 6.58. The van der Waals surface area contributed by atoms with Crippen LogP contribution in [0.4, 0.5) is 10.8 Å². The van der Waals surface area contributed by atoms with E-state index in [-0.39, 0.29) is 0 Å². The van der Waals surface area contributed by atoms with E-state index in [1.807, 2.05) is 35.7 Å². The number of anilines is 2. The van der Waals surface area contributed by atoms with Crippen LogP contribution in [0.1, 0.15) is 12.6 Å². The highest BCUT2D eigenvalue weighted by Crippen LogP contribution is 2.24. The van der Waals surface area contributed by atoms with Gasteiger partial charge in [0.05, 0.1) is 11.7 Å². The van der Waals surface area contributed by atoms with Crippen molar-refractivity contribution in [1.82, 2.24) is 4.98 Å². The van der Waals surface area contributed by atoms with Crippen LogP contribution < -0.4 is 10.4 Å². The molecule has 0 radical (unpaired) electrons. The lowest BCUT2D eigenvalue weighted by Gasteiger charge is -2.10. The van der Waals surface area contributed by atoms with Gasteiger partial charge in [0.2, 0.25) is 0 Å². The summed E-state index contributed by atoms with van der Waals surface area (Å²) in [6, 6.07) is 9.79. The molecule has 0 aliphatic heterocycles. The maximum atomic E-state index is 10.6. The largest absolute Gasteiger partial charge is 0.549 e. The van der Waals surface area contributed by atoms with E-state index in [9.17, 15) is 9.90 Å². The lowest BCUT2D eigenvalue weighted by Crippen LogP contribution is -2.31. The number of carboxylic acid groups (broad SMARTS) is 1. The van der Waals surface area contributed by atoms with Crippen molar-refractivity contribution in [3.05, 3.63) is 41.4 Å². The Morgan fingerprint density at radius 1 is 1.47 bits per heavy atom. The van der Waals surface area contributed by atoms with Crippen molar-refractivity contribution in [3.63, 3.8) is 0 Å². The summed E-state index contributed by atoms with van der Waals surface area (Å²) >= 11 is 2.82. The number of carboxylic acids is 1. The highest BCUT2D eigenvalue weighted by atomic mass is 32.2. The number of carbonyl (C=O) groups is 1. The van der Waals surface area contributed by atoms with Gasteiger partial charge in [-0.25, -0.2) is 4.98 Å². The molecule has 0 bridgehead atoms. The minimum atomic E-state index is -1.04. The van der Waals surface area contributed by atoms with Crippen LogP contribution in [0.3, 0.4) is 0 Å². The fourth-order valence-corrected chi connectivity index (χ4v) is 2.89. The molecule has 1 heterocycles. The van der Waals surface area contributed by atoms with Crippen LogP contribution in [0.2, 0.25) is 0 Å². The zero-order chi connectivity index (χ0) is 13.7. The number of hydrogen-bond acceptors (Lipinski definition) is 6. The van der Waals surface area contributed by atoms with Crippen LogP contribution in [-0.2, 0) is 10.5 Å². The standard InChI is InChI=1S/C13H14N2O2S2/c1-9(12(16)17)18-7-11-8-19-13(15-11)14-10-5-3-2-4-6-10/h2-6,8-9H,7H2,1H3,(H,14,15)(H,16,17)/p-1/t9-/m0/s1. The Morgan fingerprint density at radius 3 is 2.89 bits per heavy atom. The van der Waals surface area contributed by atoms with Gasteiger partial charge in [0, 0.05) is 22.1 Å². The average molecular weight is 293 g/mol. The van der Waals surface area contributed by atoms with E-state index in [0.29, 0.717) is 5.75 Å². The van der Waals surface area contributed by atoms with Crippen LogP contribution >= 0.6 is 23.1 Å². The summed E-state index contributed by atoms with van der Waals surface area (Å²) in [5, 5.41) is 16.0. The number of aliphatic carboxylic acids is 1. The van der Waals surface area contributed by atoms with Crippen LogP contribution in [0, 0.1) is 0 Å². The van der Waals surface area contributed by atoms with Crippen molar-refractivity contribution in [2.24, 2.45) is 0 Å². The Bertz CT molecular complexity index is 543. The fraction of sp³-hybridized carbons (Fsp3) is 0.231. The van der Waals surface area contributed by atoms with Crippen LogP contribution in [-0.4, -0.2) is 16.2 Å². The van der Waals surface area contributed by atoms with Crippen molar-refractivity contribution in [2.45, 2.75) is 17.9 Å². The Balaban J connectivity index is 1.90. The third kappa shape index (κ3) is 4.25. The first-order valence-corrected chi connectivity index (χ1v) is 7.67. The maximum absolute atomic E-state index is 10.6. The second-order valence-corrected chi connectivity index (χ2v) is 6.09. The molecule has 0 aliphatic carbocycles. The number of carbonyl (C=O) groups excluding carboxylic acids is 1. The average Bonchev–Trinajstić information content (AvgIpc) is 2.84. The van der Waals surface area contributed by atoms with Crippen LogP contribution in [0.15, 0.2) is 35.7 Å². The number of aromatic nitrogens is 1. The van der Waals surface area contributed by atoms with Gasteiger partial charge in [0.1, 0.15) is 0 Å². The van der Waals surface area contributed by atoms with Gasteiger partial charge in [-0.05, 0) is 19.1 Å². The summed E-state index contributed by atoms with van der Waals surface area (Å²) in [6.07, 6.45) is 0. The molecule has 0 spiro atoms. The first-order valence-electron chi connectivity index (χ1n) is 5.74. The molecule has 1 atom stereocenters. The summed E-state index contributed by atoms with van der Waals surface area (Å²) in [7, 11) is 0. The lowest BCUT2D eigenvalue weighted by molar-refractivity contribution is -0.304. The monoisotopic (exact) mass is 293 g/mol. The number of rotatable bonds is 6. The number of hydrogen-bond donors (Lipinski definition) is 1. The van der Waals surface area contributed by atoms with E-state index in [1.54, 1.807) is 6.92 Å². The molecule has 4 nitrogen and oxygen atoms in total. The molecule has 1 N–H and O–H groups in total. The molecule has 0 unspecified atom stereocenters. The molecule has 1 aromatic heterocycles. The number of benzene rings is 1. The van der Waals surface area contributed by atoms with Crippen molar-refractivity contribution in [3.8, 4) is 0 Å². The molecule has 0 saturated carbocycles. The van der Waals surface area contributed by atoms with Gasteiger partial charge >= 0.3 is 0 Å². The van der Waals surface area contributed by atoms with E-state index in [1.165, 1.54) is 23.1 Å². The van der Waals surface area contributed by atoms with E-state index in [0.717, 1.165) is 16.5 Å². The highest BCUT2D eigenvalue weighted by Gasteiger charge is 2.07. The first-order chi connectivity index (χ1) is 9.15. The summed E-state index contributed by atoms with van der Waals surface area (Å²) in [5.74, 6) is -0.467. The quantitative estimate of drug-likeness (QED) is 0.885. The molecular weight excluding hydrogens is 280 g/mol. The molecule has 2 aromatic rings. The Kier molecular flexibility index (Phi) is 4.81. The summed E-state index contributed by atoms with van der Waals surface area (Å²) in [5.41, 5.74) is 1.86. The van der Waals surface area contributed by atoms with E-state index in [2.05, 4.69) is 10.3 Å². The van der Waals surface area contributed by atoms with E-state index >= 15 is 0 Å². The zero-order valence-corrected chi connectivity index (χ0v) is 12.0. The number of thioether (sulfide) groups is 1. The smallest absolute Gasteiger partial charge is 0.187 e. The third-order valence-corrected chi connectivity index (χ3v) is 4.35. The topological polar surface area (TPSA) is 65.0 Å². The molecule has 2 rings (SSSR count). The molecule has 19 heavy (non-hydrogen) atoms. The molecule has 6 heteroatoms.